The van der Waals surface area contributed by atoms with E-state index in [1.165, 1.54) is 5.56 Å². The molecule has 1 unspecified atom stereocenters. The van der Waals surface area contributed by atoms with E-state index in [9.17, 15) is 4.79 Å². The maximum atomic E-state index is 12.0. The van der Waals surface area contributed by atoms with Crippen LogP contribution in [0.5, 0.6) is 0 Å². The number of rotatable bonds is 1. The minimum absolute atomic E-state index is 0.356. The number of nitrogens with zero attached hydrogens (tertiary/aromatic N) is 1. The first-order valence-corrected chi connectivity index (χ1v) is 6.83. The van der Waals surface area contributed by atoms with Gasteiger partial charge in [-0.2, -0.15) is 0 Å². The van der Waals surface area contributed by atoms with Crippen molar-refractivity contribution < 1.29 is 14.4 Å². The maximum absolute atomic E-state index is 12.0. The Bertz CT molecular complexity index is 764. The first-order chi connectivity index (χ1) is 10.2. The number of oxime groups is 1. The minimum Gasteiger partial charge on any atom is -0.412 e. The fourth-order valence-corrected chi connectivity index (χ4v) is 2.77. The Morgan fingerprint density at radius 2 is 1.86 bits per heavy atom. The summed E-state index contributed by atoms with van der Waals surface area (Å²) in [6.07, 6.45) is 0.429. The number of hydrogen-bond acceptors (Lipinski definition) is 4. The number of carbonyl (C=O) groups excluding carboxylic acids is 1. The number of hydrogen-bond donors (Lipinski definition) is 0. The molecule has 4 heteroatoms. The van der Waals surface area contributed by atoms with Crippen molar-refractivity contribution in [2.24, 2.45) is 5.16 Å². The third-order valence-corrected chi connectivity index (χ3v) is 3.90. The van der Waals surface area contributed by atoms with Gasteiger partial charge in [-0.3, -0.25) is 0 Å². The summed E-state index contributed by atoms with van der Waals surface area (Å²) in [5.41, 5.74) is 4.27. The van der Waals surface area contributed by atoms with Crippen LogP contribution in [-0.4, -0.2) is 11.7 Å². The Morgan fingerprint density at radius 1 is 1.10 bits per heavy atom. The van der Waals surface area contributed by atoms with Gasteiger partial charge in [0, 0.05) is 0 Å². The van der Waals surface area contributed by atoms with E-state index in [2.05, 4.69) is 5.16 Å². The van der Waals surface area contributed by atoms with Crippen LogP contribution in [0, 0.1) is 6.92 Å². The zero-order valence-corrected chi connectivity index (χ0v) is 11.5. The Morgan fingerprint density at radius 3 is 2.67 bits per heavy atom. The highest BCUT2D eigenvalue weighted by Crippen LogP contribution is 2.44. The van der Waals surface area contributed by atoms with Crippen LogP contribution in [0.25, 0.3) is 0 Å². The second-order valence-corrected chi connectivity index (χ2v) is 5.36. The van der Waals surface area contributed by atoms with Gasteiger partial charge in [-0.1, -0.05) is 53.2 Å². The van der Waals surface area contributed by atoms with E-state index >= 15 is 0 Å². The zero-order chi connectivity index (χ0) is 14.4. The van der Waals surface area contributed by atoms with Crippen molar-refractivity contribution >= 4 is 11.7 Å². The number of fused-ring (bicyclic) bond motifs is 2. The summed E-state index contributed by atoms with van der Waals surface area (Å²) in [5.74, 6) is -1.44. The van der Waals surface area contributed by atoms with Gasteiger partial charge in [0.2, 0.25) is 0 Å². The van der Waals surface area contributed by atoms with Crippen molar-refractivity contribution in [1.82, 2.24) is 0 Å². The molecule has 2 aromatic rings. The molecule has 0 saturated carbocycles. The second kappa shape index (κ2) is 4.19. The normalized spacial score (nSPS) is 22.7. The van der Waals surface area contributed by atoms with Crippen LogP contribution >= 0.6 is 0 Å². The van der Waals surface area contributed by atoms with E-state index in [1.54, 1.807) is 6.07 Å². The minimum atomic E-state index is -1.09. The summed E-state index contributed by atoms with van der Waals surface area (Å²) >= 11 is 0. The summed E-state index contributed by atoms with van der Waals surface area (Å²) in [6, 6.07) is 15.3. The van der Waals surface area contributed by atoms with E-state index in [0.717, 1.165) is 16.8 Å². The molecule has 21 heavy (non-hydrogen) atoms. The van der Waals surface area contributed by atoms with Gasteiger partial charge < -0.3 is 9.57 Å². The highest BCUT2D eigenvalue weighted by molar-refractivity contribution is 6.03. The smallest absolute Gasteiger partial charge is 0.342 e. The topological polar surface area (TPSA) is 47.9 Å². The highest BCUT2D eigenvalue weighted by Gasteiger charge is 2.52. The first-order valence-electron chi connectivity index (χ1n) is 6.83. The van der Waals surface area contributed by atoms with Crippen LogP contribution in [0.2, 0.25) is 0 Å². The summed E-state index contributed by atoms with van der Waals surface area (Å²) in [4.78, 5) is 17.5. The standard InChI is InChI=1S/C17H13NO3/c1-11-6-8-12(9-7-11)15-10-17(21-18-15)14-5-3-2-4-13(14)16(19)20-17/h2-9H,10H2,1H3. The predicted molar refractivity (Wildman–Crippen MR) is 77.0 cm³/mol. The van der Waals surface area contributed by atoms with Crippen molar-refractivity contribution in [1.29, 1.82) is 0 Å². The third-order valence-electron chi connectivity index (χ3n) is 3.90. The first kappa shape index (κ1) is 12.1. The lowest BCUT2D eigenvalue weighted by Gasteiger charge is -2.19. The quantitative estimate of drug-likeness (QED) is 0.753. The molecule has 0 aliphatic carbocycles. The van der Waals surface area contributed by atoms with Gasteiger partial charge in [0.05, 0.1) is 23.3 Å². The van der Waals surface area contributed by atoms with Gasteiger partial charge in [-0.15, -0.1) is 0 Å². The van der Waals surface area contributed by atoms with Gasteiger partial charge in [0.1, 0.15) is 0 Å². The van der Waals surface area contributed by atoms with Crippen LogP contribution in [0.4, 0.5) is 0 Å². The molecule has 0 amide bonds. The van der Waals surface area contributed by atoms with Gasteiger partial charge >= 0.3 is 11.8 Å². The SMILES string of the molecule is Cc1ccc(C2=NOC3(C2)OC(=O)c2ccccc23)cc1. The second-order valence-electron chi connectivity index (χ2n) is 5.36. The Labute approximate surface area is 122 Å². The monoisotopic (exact) mass is 279 g/mol. The van der Waals surface area contributed by atoms with Gasteiger partial charge in [0.15, 0.2) is 0 Å². The fourth-order valence-electron chi connectivity index (χ4n) is 2.77. The molecule has 1 atom stereocenters. The molecule has 2 aromatic carbocycles. The summed E-state index contributed by atoms with van der Waals surface area (Å²) in [7, 11) is 0. The van der Waals surface area contributed by atoms with E-state index in [4.69, 9.17) is 9.57 Å². The van der Waals surface area contributed by atoms with Crippen LogP contribution in [0.3, 0.4) is 0 Å². The molecule has 2 aliphatic rings. The molecule has 2 heterocycles. The Balaban J connectivity index is 1.70. The molecule has 0 saturated heterocycles. The Kier molecular flexibility index (Phi) is 2.42. The molecule has 4 rings (SSSR count). The third kappa shape index (κ3) is 1.76. The molecule has 2 aliphatic heterocycles. The number of benzene rings is 2. The average Bonchev–Trinajstić information content (AvgIpc) is 3.04. The molecule has 0 radical (unpaired) electrons. The largest absolute Gasteiger partial charge is 0.412 e. The summed E-state index contributed by atoms with van der Waals surface area (Å²) < 4.78 is 5.48. The van der Waals surface area contributed by atoms with E-state index in [1.807, 2.05) is 49.4 Å². The lowest BCUT2D eigenvalue weighted by atomic mass is 9.95. The molecule has 0 N–H and O–H groups in total. The number of carbonyl (C=O) groups is 1. The van der Waals surface area contributed by atoms with Crippen LogP contribution in [-0.2, 0) is 15.4 Å². The highest BCUT2D eigenvalue weighted by atomic mass is 16.8. The van der Waals surface area contributed by atoms with Gasteiger partial charge in [-0.05, 0) is 18.6 Å². The molecule has 0 aromatic heterocycles. The van der Waals surface area contributed by atoms with Crippen molar-refractivity contribution in [3.05, 3.63) is 70.8 Å². The molecular formula is C17H13NO3. The van der Waals surface area contributed by atoms with Gasteiger partial charge in [-0.25, -0.2) is 4.79 Å². The Hall–Kier alpha value is -2.62. The number of ether oxygens (including phenoxy) is 1. The summed E-state index contributed by atoms with van der Waals surface area (Å²) in [6.45, 7) is 2.03. The number of esters is 1. The summed E-state index contributed by atoms with van der Waals surface area (Å²) in [5, 5.41) is 4.14. The molecule has 0 fully saturated rings. The zero-order valence-electron chi connectivity index (χ0n) is 11.5. The number of aryl methyl sites for hydroxylation is 1. The van der Waals surface area contributed by atoms with Crippen LogP contribution < -0.4 is 0 Å². The molecular weight excluding hydrogens is 266 g/mol. The fraction of sp³-hybridized carbons (Fsp3) is 0.176. The van der Waals surface area contributed by atoms with Crippen molar-refractivity contribution in [3.8, 4) is 0 Å². The molecule has 0 bridgehead atoms. The van der Waals surface area contributed by atoms with Crippen molar-refractivity contribution in [2.45, 2.75) is 19.1 Å². The van der Waals surface area contributed by atoms with Crippen molar-refractivity contribution in [3.63, 3.8) is 0 Å². The van der Waals surface area contributed by atoms with E-state index in [-0.39, 0.29) is 5.97 Å². The molecule has 1 spiro atoms. The van der Waals surface area contributed by atoms with E-state index in [0.29, 0.717) is 12.0 Å². The van der Waals surface area contributed by atoms with Crippen LogP contribution in [0.15, 0.2) is 53.7 Å². The molecule has 104 valence electrons. The van der Waals surface area contributed by atoms with E-state index < -0.39 is 5.79 Å². The van der Waals surface area contributed by atoms with Crippen molar-refractivity contribution in [2.75, 3.05) is 0 Å². The van der Waals surface area contributed by atoms with Crippen LogP contribution in [0.1, 0.15) is 33.5 Å². The maximum Gasteiger partial charge on any atom is 0.342 e. The predicted octanol–water partition coefficient (Wildman–Crippen LogP) is 3.14. The lowest BCUT2D eigenvalue weighted by molar-refractivity contribution is -0.186. The lowest BCUT2D eigenvalue weighted by Crippen LogP contribution is -2.26. The average molecular weight is 279 g/mol. The molecule has 4 nitrogen and oxygen atoms in total. The van der Waals surface area contributed by atoms with Gasteiger partial charge in [0.25, 0.3) is 0 Å².